The van der Waals surface area contributed by atoms with Crippen molar-refractivity contribution in [1.82, 2.24) is 0 Å². The van der Waals surface area contributed by atoms with E-state index in [0.717, 1.165) is 0 Å². The molecule has 112 valence electrons. The average Bonchev–Trinajstić information content (AvgIpc) is 2.47. The van der Waals surface area contributed by atoms with Crippen LogP contribution in [0, 0.1) is 11.3 Å². The molecule has 0 spiro atoms. The molecule has 4 N–H and O–H groups in total. The highest BCUT2D eigenvalue weighted by molar-refractivity contribution is 7.99. The van der Waals surface area contributed by atoms with Crippen LogP contribution in [-0.2, 0) is 9.59 Å². The minimum absolute atomic E-state index is 0.173. The molecule has 0 fully saturated rings. The van der Waals surface area contributed by atoms with Crippen molar-refractivity contribution in [3.05, 3.63) is 29.8 Å². The molecule has 1 atom stereocenters. The first kappa shape index (κ1) is 17.0. The first-order valence-corrected chi connectivity index (χ1v) is 7.55. The van der Waals surface area contributed by atoms with Crippen LogP contribution in [0.25, 0.3) is 0 Å². The van der Waals surface area contributed by atoms with Gasteiger partial charge in [-0.1, -0.05) is 12.1 Å². The number of carboxylic acids is 1. The average molecular weight is 307 g/mol. The molecule has 1 rings (SSSR count). The molecule has 0 bridgehead atoms. The van der Waals surface area contributed by atoms with Crippen molar-refractivity contribution >= 4 is 29.3 Å². The van der Waals surface area contributed by atoms with E-state index in [9.17, 15) is 9.59 Å². The number of carboxylic acid groups (broad SMARTS) is 1. The lowest BCUT2D eigenvalue weighted by Gasteiger charge is -2.07. The van der Waals surface area contributed by atoms with Gasteiger partial charge in [-0.2, -0.15) is 17.0 Å². The maximum atomic E-state index is 11.7. The zero-order chi connectivity index (χ0) is 15.7. The van der Waals surface area contributed by atoms with Crippen LogP contribution >= 0.6 is 11.8 Å². The molecule has 0 heterocycles. The highest BCUT2D eigenvalue weighted by atomic mass is 32.2. The predicted molar refractivity (Wildman–Crippen MR) is 82.0 cm³/mol. The number of benzene rings is 1. The number of nitriles is 1. The number of hydrogen-bond acceptors (Lipinski definition) is 5. The van der Waals surface area contributed by atoms with E-state index in [4.69, 9.17) is 16.1 Å². The van der Waals surface area contributed by atoms with Gasteiger partial charge in [-0.15, -0.1) is 0 Å². The second-order valence-electron chi connectivity index (χ2n) is 4.30. The van der Waals surface area contributed by atoms with Crippen LogP contribution in [0.15, 0.2) is 24.3 Å². The molecule has 6 nitrogen and oxygen atoms in total. The summed E-state index contributed by atoms with van der Waals surface area (Å²) in [4.78, 5) is 22.2. The minimum atomic E-state index is -1.01. The van der Waals surface area contributed by atoms with E-state index < -0.39 is 12.0 Å². The number of aliphatic carboxylic acids is 1. The summed E-state index contributed by atoms with van der Waals surface area (Å²) in [6.45, 7) is 0. The van der Waals surface area contributed by atoms with E-state index in [0.29, 0.717) is 35.6 Å². The van der Waals surface area contributed by atoms with Crippen molar-refractivity contribution in [1.29, 1.82) is 5.26 Å². The molecule has 1 amide bonds. The lowest BCUT2D eigenvalue weighted by Crippen LogP contribution is -2.30. The van der Waals surface area contributed by atoms with Crippen LogP contribution < -0.4 is 11.1 Å². The van der Waals surface area contributed by atoms with Gasteiger partial charge in [0, 0.05) is 12.2 Å². The lowest BCUT2D eigenvalue weighted by molar-refractivity contribution is -0.138. The number of nitrogens with zero attached hydrogens (tertiary/aromatic N) is 1. The van der Waals surface area contributed by atoms with Crippen molar-refractivity contribution in [2.75, 3.05) is 16.8 Å². The van der Waals surface area contributed by atoms with Crippen LogP contribution in [0.4, 0.5) is 5.69 Å². The van der Waals surface area contributed by atoms with E-state index >= 15 is 0 Å². The zero-order valence-corrected chi connectivity index (χ0v) is 12.2. The van der Waals surface area contributed by atoms with Crippen LogP contribution in [0.3, 0.4) is 0 Å². The fourth-order valence-corrected chi connectivity index (χ4v) is 2.46. The molecule has 1 unspecified atom stereocenters. The molecular weight excluding hydrogens is 290 g/mol. The largest absolute Gasteiger partial charge is 0.480 e. The van der Waals surface area contributed by atoms with Gasteiger partial charge in [0.15, 0.2) is 0 Å². The molecule has 0 radical (unpaired) electrons. The molecule has 0 saturated carbocycles. The molecule has 0 saturated heterocycles. The molecule has 0 aliphatic heterocycles. The number of carbonyl (C=O) groups excluding carboxylic acids is 1. The summed E-state index contributed by atoms with van der Waals surface area (Å²) < 4.78 is 0. The fourth-order valence-electron chi connectivity index (χ4n) is 1.50. The molecule has 7 heteroatoms. The first-order chi connectivity index (χ1) is 10.0. The van der Waals surface area contributed by atoms with Gasteiger partial charge in [0.25, 0.3) is 0 Å². The quantitative estimate of drug-likeness (QED) is 0.625. The smallest absolute Gasteiger partial charge is 0.320 e. The predicted octanol–water partition coefficient (Wildman–Crippen LogP) is 1.42. The standard InChI is InChI=1S/C14H17N3O3S/c15-9-10-3-1-2-4-12(10)17-13(18)6-8-21-7-5-11(16)14(19)20/h1-4,11H,5-8,16H2,(H,17,18)(H,19,20). The third kappa shape index (κ3) is 6.29. The van der Waals surface area contributed by atoms with Gasteiger partial charge in [0.1, 0.15) is 12.1 Å². The van der Waals surface area contributed by atoms with Crippen molar-refractivity contribution in [2.45, 2.75) is 18.9 Å². The third-order valence-electron chi connectivity index (χ3n) is 2.69. The Bertz CT molecular complexity index is 543. The topological polar surface area (TPSA) is 116 Å². The summed E-state index contributed by atoms with van der Waals surface area (Å²) in [6, 6.07) is 7.95. The third-order valence-corrected chi connectivity index (χ3v) is 3.70. The second-order valence-corrected chi connectivity index (χ2v) is 5.53. The Morgan fingerprint density at radius 3 is 2.76 bits per heavy atom. The molecule has 1 aromatic carbocycles. The summed E-state index contributed by atoms with van der Waals surface area (Å²) in [5, 5.41) is 20.2. The number of carbonyl (C=O) groups is 2. The highest BCUT2D eigenvalue weighted by Gasteiger charge is 2.11. The molecular formula is C14H17N3O3S. The number of anilines is 1. The van der Waals surface area contributed by atoms with Gasteiger partial charge in [0.2, 0.25) is 5.91 Å². The summed E-state index contributed by atoms with van der Waals surface area (Å²) >= 11 is 1.48. The summed E-state index contributed by atoms with van der Waals surface area (Å²) in [7, 11) is 0. The van der Waals surface area contributed by atoms with Gasteiger partial charge >= 0.3 is 5.97 Å². The maximum Gasteiger partial charge on any atom is 0.320 e. The number of amides is 1. The number of hydrogen-bond donors (Lipinski definition) is 3. The van der Waals surface area contributed by atoms with Gasteiger partial charge in [-0.05, 0) is 24.3 Å². The zero-order valence-electron chi connectivity index (χ0n) is 11.4. The summed E-state index contributed by atoms with van der Waals surface area (Å²) in [6.07, 6.45) is 0.672. The van der Waals surface area contributed by atoms with E-state index in [2.05, 4.69) is 5.32 Å². The summed E-state index contributed by atoms with van der Waals surface area (Å²) in [5.74, 6) is -0.0169. The van der Waals surface area contributed by atoms with E-state index in [1.54, 1.807) is 24.3 Å². The van der Waals surface area contributed by atoms with Gasteiger partial charge in [0.05, 0.1) is 11.3 Å². The maximum absolute atomic E-state index is 11.7. The van der Waals surface area contributed by atoms with Crippen LogP contribution in [-0.4, -0.2) is 34.5 Å². The Balaban J connectivity index is 2.26. The van der Waals surface area contributed by atoms with E-state index in [-0.39, 0.29) is 5.91 Å². The van der Waals surface area contributed by atoms with Crippen LogP contribution in [0.1, 0.15) is 18.4 Å². The lowest BCUT2D eigenvalue weighted by atomic mass is 10.2. The molecule has 0 aliphatic carbocycles. The van der Waals surface area contributed by atoms with Crippen molar-refractivity contribution in [3.8, 4) is 6.07 Å². The fraction of sp³-hybridized carbons (Fsp3) is 0.357. The Kier molecular flexibility index (Phi) is 7.29. The number of rotatable bonds is 8. The molecule has 21 heavy (non-hydrogen) atoms. The second kappa shape index (κ2) is 9.00. The van der Waals surface area contributed by atoms with Gasteiger partial charge in [-0.3, -0.25) is 9.59 Å². The number of nitrogens with two attached hydrogens (primary N) is 1. The molecule has 1 aromatic rings. The van der Waals surface area contributed by atoms with E-state index in [1.807, 2.05) is 6.07 Å². The monoisotopic (exact) mass is 307 g/mol. The van der Waals surface area contributed by atoms with Crippen molar-refractivity contribution in [2.24, 2.45) is 5.73 Å². The van der Waals surface area contributed by atoms with Gasteiger partial charge < -0.3 is 16.2 Å². The van der Waals surface area contributed by atoms with Crippen molar-refractivity contribution < 1.29 is 14.7 Å². The van der Waals surface area contributed by atoms with Crippen LogP contribution in [0.2, 0.25) is 0 Å². The molecule has 0 aromatic heterocycles. The highest BCUT2D eigenvalue weighted by Crippen LogP contribution is 2.14. The Morgan fingerprint density at radius 1 is 1.38 bits per heavy atom. The SMILES string of the molecule is N#Cc1ccccc1NC(=O)CCSCCC(N)C(=O)O. The first-order valence-electron chi connectivity index (χ1n) is 6.39. The van der Waals surface area contributed by atoms with Gasteiger partial charge in [-0.25, -0.2) is 0 Å². The Hall–Kier alpha value is -2.04. The van der Waals surface area contributed by atoms with E-state index in [1.165, 1.54) is 11.8 Å². The van der Waals surface area contributed by atoms with Crippen molar-refractivity contribution in [3.63, 3.8) is 0 Å². The molecule has 0 aliphatic rings. The van der Waals surface area contributed by atoms with Crippen LogP contribution in [0.5, 0.6) is 0 Å². The normalized spacial score (nSPS) is 11.4. The number of nitrogens with one attached hydrogen (secondary N) is 1. The number of thioether (sulfide) groups is 1. The summed E-state index contributed by atoms with van der Waals surface area (Å²) in [5.41, 5.74) is 6.29. The Labute approximate surface area is 127 Å². The minimum Gasteiger partial charge on any atom is -0.480 e. The number of para-hydroxylation sites is 1. The Morgan fingerprint density at radius 2 is 2.10 bits per heavy atom.